The summed E-state index contributed by atoms with van der Waals surface area (Å²) in [6, 6.07) is 3.38. The third-order valence-electron chi connectivity index (χ3n) is 3.89. The van der Waals surface area contributed by atoms with Crippen molar-refractivity contribution >= 4 is 5.97 Å². The molecule has 1 aliphatic carbocycles. The monoisotopic (exact) mass is 278 g/mol. The van der Waals surface area contributed by atoms with Crippen LogP contribution in [0.25, 0.3) is 0 Å². The average Bonchev–Trinajstić information content (AvgIpc) is 2.95. The molecule has 20 heavy (non-hydrogen) atoms. The van der Waals surface area contributed by atoms with Gasteiger partial charge in [-0.25, -0.2) is 4.79 Å². The van der Waals surface area contributed by atoms with Gasteiger partial charge in [-0.05, 0) is 43.7 Å². The molecule has 4 heteroatoms. The first-order valence-corrected chi connectivity index (χ1v) is 7.06. The molecule has 0 bridgehead atoms. The predicted octanol–water partition coefficient (Wildman–Crippen LogP) is 3.75. The van der Waals surface area contributed by atoms with Gasteiger partial charge < -0.3 is 13.9 Å². The molecule has 3 unspecified atom stereocenters. The number of furan rings is 1. The van der Waals surface area contributed by atoms with E-state index in [0.29, 0.717) is 24.2 Å². The molecule has 0 saturated heterocycles. The van der Waals surface area contributed by atoms with E-state index in [4.69, 9.17) is 9.15 Å². The maximum Gasteiger partial charge on any atom is 0.373 e. The Labute approximate surface area is 119 Å². The Hall–Kier alpha value is -1.55. The van der Waals surface area contributed by atoms with E-state index in [0.717, 1.165) is 12.8 Å². The molecular formula is C16H22O4. The molecule has 0 aromatic carbocycles. The van der Waals surface area contributed by atoms with Gasteiger partial charge in [0.25, 0.3) is 0 Å². The van der Waals surface area contributed by atoms with Crippen LogP contribution in [0, 0.1) is 11.8 Å². The highest BCUT2D eigenvalue weighted by atomic mass is 16.5. The summed E-state index contributed by atoms with van der Waals surface area (Å²) in [5.74, 6) is 1.61. The Balaban J connectivity index is 1.88. The van der Waals surface area contributed by atoms with Crippen LogP contribution in [0.2, 0.25) is 0 Å². The molecule has 0 amide bonds. The molecule has 110 valence electrons. The predicted molar refractivity (Wildman–Crippen MR) is 75.4 cm³/mol. The van der Waals surface area contributed by atoms with Gasteiger partial charge in [0.05, 0.1) is 13.7 Å². The van der Waals surface area contributed by atoms with Gasteiger partial charge in [0.2, 0.25) is 5.76 Å². The third kappa shape index (κ3) is 3.51. The molecule has 0 radical (unpaired) electrons. The van der Waals surface area contributed by atoms with Crippen molar-refractivity contribution in [2.24, 2.45) is 11.8 Å². The molecule has 0 spiro atoms. The van der Waals surface area contributed by atoms with Crippen LogP contribution >= 0.6 is 0 Å². The minimum atomic E-state index is -0.463. The molecule has 1 aliphatic rings. The number of carbonyl (C=O) groups excluding carboxylic acids is 1. The zero-order valence-electron chi connectivity index (χ0n) is 12.3. The highest BCUT2D eigenvalue weighted by molar-refractivity contribution is 5.86. The highest BCUT2D eigenvalue weighted by Crippen LogP contribution is 2.28. The number of ether oxygens (including phenoxy) is 2. The second-order valence-electron chi connectivity index (χ2n) is 5.35. The van der Waals surface area contributed by atoms with Crippen molar-refractivity contribution in [3.8, 4) is 0 Å². The molecule has 3 atom stereocenters. The fraction of sp³-hybridized carbons (Fsp3) is 0.562. The Morgan fingerprint density at radius 1 is 1.40 bits per heavy atom. The van der Waals surface area contributed by atoms with Crippen LogP contribution in [0.1, 0.15) is 49.1 Å². The van der Waals surface area contributed by atoms with E-state index in [-0.39, 0.29) is 11.9 Å². The SMILES string of the molecule is COC(=O)c1ccc(C(C)OCC2CC=CCC2C)o1. The topological polar surface area (TPSA) is 48.7 Å². The molecule has 2 rings (SSSR count). The minimum Gasteiger partial charge on any atom is -0.463 e. The lowest BCUT2D eigenvalue weighted by Gasteiger charge is -2.26. The number of allylic oxidation sites excluding steroid dienone is 2. The smallest absolute Gasteiger partial charge is 0.373 e. The molecular weight excluding hydrogens is 256 g/mol. The summed E-state index contributed by atoms with van der Waals surface area (Å²) < 4.78 is 16.0. The Morgan fingerprint density at radius 2 is 2.15 bits per heavy atom. The van der Waals surface area contributed by atoms with Gasteiger partial charge in [-0.1, -0.05) is 19.1 Å². The fourth-order valence-corrected chi connectivity index (χ4v) is 2.37. The van der Waals surface area contributed by atoms with Crippen LogP contribution in [-0.4, -0.2) is 19.7 Å². The van der Waals surface area contributed by atoms with Crippen molar-refractivity contribution in [2.45, 2.75) is 32.8 Å². The summed E-state index contributed by atoms with van der Waals surface area (Å²) >= 11 is 0. The standard InChI is InChI=1S/C16H22O4/c1-11-6-4-5-7-13(11)10-19-12(2)14-8-9-15(20-14)16(17)18-3/h4-5,8-9,11-13H,6-7,10H2,1-3H3. The average molecular weight is 278 g/mol. The van der Waals surface area contributed by atoms with E-state index in [1.165, 1.54) is 7.11 Å². The summed E-state index contributed by atoms with van der Waals surface area (Å²) in [6.45, 7) is 4.90. The van der Waals surface area contributed by atoms with Crippen molar-refractivity contribution in [3.63, 3.8) is 0 Å². The van der Waals surface area contributed by atoms with Crippen molar-refractivity contribution in [3.05, 3.63) is 35.8 Å². The molecule has 4 nitrogen and oxygen atoms in total. The van der Waals surface area contributed by atoms with Gasteiger partial charge in [0.1, 0.15) is 11.9 Å². The Morgan fingerprint density at radius 3 is 2.85 bits per heavy atom. The second kappa shape index (κ2) is 6.75. The molecule has 0 fully saturated rings. The van der Waals surface area contributed by atoms with E-state index in [1.54, 1.807) is 12.1 Å². The maximum absolute atomic E-state index is 11.3. The first kappa shape index (κ1) is 14.9. The highest BCUT2D eigenvalue weighted by Gasteiger charge is 2.21. The van der Waals surface area contributed by atoms with Gasteiger partial charge in [0.15, 0.2) is 0 Å². The number of rotatable bonds is 5. The largest absolute Gasteiger partial charge is 0.463 e. The summed E-state index contributed by atoms with van der Waals surface area (Å²) in [5, 5.41) is 0. The van der Waals surface area contributed by atoms with Crippen LogP contribution in [-0.2, 0) is 9.47 Å². The summed E-state index contributed by atoms with van der Waals surface area (Å²) in [7, 11) is 1.34. The number of hydrogen-bond donors (Lipinski definition) is 0. The normalized spacial score (nSPS) is 23.6. The third-order valence-corrected chi connectivity index (χ3v) is 3.89. The molecule has 0 N–H and O–H groups in total. The Bertz CT molecular complexity index is 475. The quantitative estimate of drug-likeness (QED) is 0.608. The second-order valence-corrected chi connectivity index (χ2v) is 5.35. The van der Waals surface area contributed by atoms with E-state index in [2.05, 4.69) is 23.8 Å². The number of carbonyl (C=O) groups is 1. The lowest BCUT2D eigenvalue weighted by Crippen LogP contribution is -2.20. The van der Waals surface area contributed by atoms with Crippen molar-refractivity contribution in [1.29, 1.82) is 0 Å². The van der Waals surface area contributed by atoms with E-state index in [9.17, 15) is 4.79 Å². The van der Waals surface area contributed by atoms with Crippen LogP contribution in [0.5, 0.6) is 0 Å². The van der Waals surface area contributed by atoms with Gasteiger partial charge in [0, 0.05) is 0 Å². The Kier molecular flexibility index (Phi) is 5.01. The first-order valence-electron chi connectivity index (χ1n) is 7.06. The number of hydrogen-bond acceptors (Lipinski definition) is 4. The fourth-order valence-electron chi connectivity index (χ4n) is 2.37. The lowest BCUT2D eigenvalue weighted by molar-refractivity contribution is 0.0133. The molecule has 0 saturated carbocycles. The molecule has 0 aliphatic heterocycles. The zero-order chi connectivity index (χ0) is 14.5. The van der Waals surface area contributed by atoms with Gasteiger partial charge in [-0.3, -0.25) is 0 Å². The van der Waals surface area contributed by atoms with Crippen molar-refractivity contribution < 1.29 is 18.7 Å². The molecule has 1 aromatic heterocycles. The summed E-state index contributed by atoms with van der Waals surface area (Å²) in [4.78, 5) is 11.3. The molecule has 1 heterocycles. The van der Waals surface area contributed by atoms with Crippen LogP contribution < -0.4 is 0 Å². The molecule has 1 aromatic rings. The minimum absolute atomic E-state index is 0.161. The van der Waals surface area contributed by atoms with Crippen LogP contribution in [0.15, 0.2) is 28.7 Å². The number of esters is 1. The van der Waals surface area contributed by atoms with E-state index < -0.39 is 5.97 Å². The number of methoxy groups -OCH3 is 1. The first-order chi connectivity index (χ1) is 9.61. The summed E-state index contributed by atoms with van der Waals surface area (Å²) in [5.41, 5.74) is 0. The maximum atomic E-state index is 11.3. The summed E-state index contributed by atoms with van der Waals surface area (Å²) in [6.07, 6.45) is 6.49. The van der Waals surface area contributed by atoms with Gasteiger partial charge >= 0.3 is 5.97 Å². The van der Waals surface area contributed by atoms with Gasteiger partial charge in [-0.2, -0.15) is 0 Å². The van der Waals surface area contributed by atoms with Crippen LogP contribution in [0.4, 0.5) is 0 Å². The van der Waals surface area contributed by atoms with Crippen LogP contribution in [0.3, 0.4) is 0 Å². The van der Waals surface area contributed by atoms with E-state index >= 15 is 0 Å². The van der Waals surface area contributed by atoms with Gasteiger partial charge in [-0.15, -0.1) is 0 Å². The van der Waals surface area contributed by atoms with Crippen molar-refractivity contribution in [2.75, 3.05) is 13.7 Å². The van der Waals surface area contributed by atoms with E-state index in [1.807, 2.05) is 6.92 Å². The van der Waals surface area contributed by atoms with Crippen molar-refractivity contribution in [1.82, 2.24) is 0 Å². The zero-order valence-corrected chi connectivity index (χ0v) is 12.3. The lowest BCUT2D eigenvalue weighted by atomic mass is 9.85.